The van der Waals surface area contributed by atoms with Crippen LogP contribution in [0.2, 0.25) is 0 Å². The van der Waals surface area contributed by atoms with Gasteiger partial charge in [-0.25, -0.2) is 18.9 Å². The van der Waals surface area contributed by atoms with Crippen LogP contribution < -0.4 is 5.73 Å². The van der Waals surface area contributed by atoms with Gasteiger partial charge in [-0.05, 0) is 13.8 Å². The van der Waals surface area contributed by atoms with Crippen molar-refractivity contribution >= 4 is 25.0 Å². The number of hydrogen-bond acceptors (Lipinski definition) is 9. The second kappa shape index (κ2) is 6.99. The van der Waals surface area contributed by atoms with Crippen molar-refractivity contribution in [3.05, 3.63) is 34.8 Å². The van der Waals surface area contributed by atoms with Crippen LogP contribution in [0.4, 0.5) is 0 Å². The van der Waals surface area contributed by atoms with E-state index in [-0.39, 0.29) is 12.3 Å². The first kappa shape index (κ1) is 19.6. The highest BCUT2D eigenvalue weighted by Crippen LogP contribution is 2.48. The summed E-state index contributed by atoms with van der Waals surface area (Å²) < 4.78 is 36.4. The summed E-state index contributed by atoms with van der Waals surface area (Å²) >= 11 is 1.22. The largest absolute Gasteiger partial charge is 0.437 e. The first-order valence-electron chi connectivity index (χ1n) is 8.39. The van der Waals surface area contributed by atoms with Crippen molar-refractivity contribution in [3.8, 4) is 0 Å². The number of fused-ring (bicyclic) bond motifs is 1. The minimum atomic E-state index is -4.12. The van der Waals surface area contributed by atoms with E-state index in [9.17, 15) is 14.3 Å². The third-order valence-corrected chi connectivity index (χ3v) is 6.57. The second-order valence-electron chi connectivity index (χ2n) is 6.82. The van der Waals surface area contributed by atoms with Crippen molar-refractivity contribution in [2.24, 2.45) is 5.73 Å². The standard InChI is InChI=1S/C15H19N4O7PS/c1-15(2)25-10-9(5-23-27(21,22)19-4-3-17-7-19)24-12(11(10)26-15)14-18-8(6-28-14)13(16)20/h3-4,6-7,9-12H,5H2,1-2H3,(H2,16,20)(H,21,22)/t9-,10-,11-,12-/m1/s1. The molecule has 0 aromatic carbocycles. The quantitative estimate of drug-likeness (QED) is 0.642. The summed E-state index contributed by atoms with van der Waals surface area (Å²) in [6.07, 6.45) is 1.55. The SMILES string of the molecule is CC1(C)O[C@@H]2[C@H](O1)[C@@H](COP(=O)(O)n1ccnc1)O[C@H]2c1nc(C(N)=O)cs1. The molecule has 1 amide bonds. The molecule has 4 rings (SSSR count). The number of carbonyl (C=O) groups is 1. The van der Waals surface area contributed by atoms with Crippen LogP contribution in [0.25, 0.3) is 0 Å². The second-order valence-corrected chi connectivity index (χ2v) is 9.42. The number of primary amides is 1. The molecule has 13 heteroatoms. The molecule has 2 aromatic heterocycles. The highest BCUT2D eigenvalue weighted by atomic mass is 32.1. The Labute approximate surface area is 164 Å². The molecule has 0 bridgehead atoms. The normalized spacial score (nSPS) is 30.8. The number of nitrogens with zero attached hydrogens (tertiary/aromatic N) is 3. The Morgan fingerprint density at radius 3 is 2.86 bits per heavy atom. The van der Waals surface area contributed by atoms with Gasteiger partial charge in [0.05, 0.1) is 6.61 Å². The van der Waals surface area contributed by atoms with Crippen LogP contribution in [0, 0.1) is 0 Å². The molecule has 2 fully saturated rings. The minimum Gasteiger partial charge on any atom is -0.364 e. The average Bonchev–Trinajstić information content (AvgIpc) is 3.36. The molecule has 0 radical (unpaired) electrons. The predicted molar refractivity (Wildman–Crippen MR) is 95.5 cm³/mol. The third kappa shape index (κ3) is 3.64. The fourth-order valence-electron chi connectivity index (χ4n) is 3.19. The van der Waals surface area contributed by atoms with Gasteiger partial charge in [-0.15, -0.1) is 11.3 Å². The molecule has 0 aliphatic carbocycles. The summed E-state index contributed by atoms with van der Waals surface area (Å²) in [7, 11) is -4.12. The fraction of sp³-hybridized carbons (Fsp3) is 0.533. The van der Waals surface area contributed by atoms with E-state index >= 15 is 0 Å². The molecular formula is C15H19N4O7PS. The number of hydrogen-bond donors (Lipinski definition) is 2. The number of amides is 1. The van der Waals surface area contributed by atoms with Crippen LogP contribution in [0.3, 0.4) is 0 Å². The van der Waals surface area contributed by atoms with E-state index < -0.39 is 43.9 Å². The van der Waals surface area contributed by atoms with E-state index in [1.807, 2.05) is 0 Å². The predicted octanol–water partition coefficient (Wildman–Crippen LogP) is 1.06. The van der Waals surface area contributed by atoms with E-state index in [2.05, 4.69) is 9.97 Å². The number of thiazole rings is 1. The Morgan fingerprint density at radius 1 is 1.46 bits per heavy atom. The summed E-state index contributed by atoms with van der Waals surface area (Å²) in [6.45, 7) is 3.32. The van der Waals surface area contributed by atoms with Crippen molar-refractivity contribution in [3.63, 3.8) is 0 Å². The lowest BCUT2D eigenvalue weighted by molar-refractivity contribution is -0.190. The van der Waals surface area contributed by atoms with Gasteiger partial charge in [0.1, 0.15) is 41.4 Å². The van der Waals surface area contributed by atoms with Crippen LogP contribution in [-0.2, 0) is 23.3 Å². The van der Waals surface area contributed by atoms with Gasteiger partial charge in [-0.2, -0.15) is 0 Å². The first-order valence-corrected chi connectivity index (χ1v) is 10.8. The van der Waals surface area contributed by atoms with Gasteiger partial charge < -0.3 is 24.8 Å². The molecule has 3 N–H and O–H groups in total. The maximum Gasteiger partial charge on any atom is 0.437 e. The molecule has 0 saturated carbocycles. The number of nitrogens with two attached hydrogens (primary N) is 1. The van der Waals surface area contributed by atoms with E-state index in [0.29, 0.717) is 5.01 Å². The topological polar surface area (TPSA) is 148 Å². The van der Waals surface area contributed by atoms with Crippen molar-refractivity contribution in [2.75, 3.05) is 6.61 Å². The molecule has 4 heterocycles. The Hall–Kier alpha value is -1.66. The van der Waals surface area contributed by atoms with Gasteiger partial charge in [0.2, 0.25) is 0 Å². The Balaban J connectivity index is 1.53. The highest BCUT2D eigenvalue weighted by molar-refractivity contribution is 7.51. The number of rotatable bonds is 6. The summed E-state index contributed by atoms with van der Waals surface area (Å²) in [6, 6.07) is 0. The van der Waals surface area contributed by atoms with E-state index in [1.54, 1.807) is 19.2 Å². The van der Waals surface area contributed by atoms with E-state index in [1.165, 1.54) is 30.1 Å². The van der Waals surface area contributed by atoms with Crippen molar-refractivity contribution in [1.82, 2.24) is 14.3 Å². The zero-order valence-corrected chi connectivity index (χ0v) is 16.7. The van der Waals surface area contributed by atoms with Crippen LogP contribution in [0.15, 0.2) is 24.1 Å². The van der Waals surface area contributed by atoms with Gasteiger partial charge in [0, 0.05) is 17.8 Å². The molecule has 11 nitrogen and oxygen atoms in total. The molecule has 2 aliphatic rings. The zero-order valence-electron chi connectivity index (χ0n) is 15.0. The van der Waals surface area contributed by atoms with Gasteiger partial charge in [0.15, 0.2) is 5.79 Å². The Kier molecular flexibility index (Phi) is 4.91. The van der Waals surface area contributed by atoms with Crippen molar-refractivity contribution in [1.29, 1.82) is 0 Å². The minimum absolute atomic E-state index is 0.137. The van der Waals surface area contributed by atoms with Gasteiger partial charge in [-0.3, -0.25) is 9.32 Å². The Morgan fingerprint density at radius 2 is 2.21 bits per heavy atom. The number of aromatic nitrogens is 3. The average molecular weight is 430 g/mol. The maximum absolute atomic E-state index is 12.3. The molecule has 152 valence electrons. The van der Waals surface area contributed by atoms with Crippen molar-refractivity contribution < 1.29 is 33.0 Å². The molecule has 2 saturated heterocycles. The zero-order chi connectivity index (χ0) is 20.1. The van der Waals surface area contributed by atoms with Crippen molar-refractivity contribution in [2.45, 2.75) is 44.1 Å². The number of imidazole rings is 1. The summed E-state index contributed by atoms with van der Waals surface area (Å²) in [4.78, 5) is 29.4. The lowest BCUT2D eigenvalue weighted by atomic mass is 10.1. The van der Waals surface area contributed by atoms with Crippen LogP contribution >= 0.6 is 19.1 Å². The van der Waals surface area contributed by atoms with Crippen LogP contribution in [0.5, 0.6) is 0 Å². The van der Waals surface area contributed by atoms with Crippen LogP contribution in [0.1, 0.15) is 35.4 Å². The molecule has 28 heavy (non-hydrogen) atoms. The van der Waals surface area contributed by atoms with E-state index in [0.717, 1.165) is 4.34 Å². The van der Waals surface area contributed by atoms with Gasteiger partial charge >= 0.3 is 7.75 Å². The van der Waals surface area contributed by atoms with Crippen LogP contribution in [-0.4, -0.2) is 55.8 Å². The summed E-state index contributed by atoms with van der Waals surface area (Å²) in [5.74, 6) is -1.51. The smallest absolute Gasteiger partial charge is 0.364 e. The summed E-state index contributed by atoms with van der Waals surface area (Å²) in [5, 5.41) is 2.05. The monoisotopic (exact) mass is 430 g/mol. The van der Waals surface area contributed by atoms with Gasteiger partial charge in [-0.1, -0.05) is 0 Å². The van der Waals surface area contributed by atoms with E-state index in [4.69, 9.17) is 24.5 Å². The molecule has 0 spiro atoms. The highest BCUT2D eigenvalue weighted by Gasteiger charge is 2.56. The molecule has 5 atom stereocenters. The third-order valence-electron chi connectivity index (χ3n) is 4.36. The Bertz CT molecular complexity index is 917. The lowest BCUT2D eigenvalue weighted by Crippen LogP contribution is -2.32. The molecular weight excluding hydrogens is 411 g/mol. The van der Waals surface area contributed by atoms with Gasteiger partial charge in [0.25, 0.3) is 5.91 Å². The summed E-state index contributed by atoms with van der Waals surface area (Å²) in [5.41, 5.74) is 5.40. The number of ether oxygens (including phenoxy) is 3. The lowest BCUT2D eigenvalue weighted by Gasteiger charge is -2.24. The number of carbonyl (C=O) groups excluding carboxylic acids is 1. The maximum atomic E-state index is 12.3. The molecule has 1 unspecified atom stereocenters. The fourth-order valence-corrected chi connectivity index (χ4v) is 4.95. The first-order chi connectivity index (χ1) is 13.2. The molecule has 2 aliphatic heterocycles. The molecule has 2 aromatic rings.